The van der Waals surface area contributed by atoms with Crippen LogP contribution in [0.2, 0.25) is 0 Å². The van der Waals surface area contributed by atoms with E-state index >= 15 is 0 Å². The average Bonchev–Trinajstić information content (AvgIpc) is 2.72. The van der Waals surface area contributed by atoms with E-state index in [9.17, 15) is 8.78 Å². The van der Waals surface area contributed by atoms with Crippen LogP contribution >= 0.6 is 0 Å². The molecule has 5 heteroatoms. The number of rotatable bonds is 4. The molecule has 0 saturated heterocycles. The molecule has 0 aromatic heterocycles. The lowest BCUT2D eigenvalue weighted by Crippen LogP contribution is -1.93. The predicted octanol–water partition coefficient (Wildman–Crippen LogP) is 6.35. The lowest BCUT2D eigenvalue weighted by atomic mass is 10.1. The van der Waals surface area contributed by atoms with Crippen LogP contribution < -0.4 is 4.74 Å². The molecule has 0 aliphatic heterocycles. The summed E-state index contributed by atoms with van der Waals surface area (Å²) in [6, 6.07) is 16.8. The molecule has 0 N–H and O–H groups in total. The molecule has 3 aromatic rings. The summed E-state index contributed by atoms with van der Waals surface area (Å²) in [7, 11) is 1.60. The van der Waals surface area contributed by atoms with Crippen LogP contribution in [0.4, 0.5) is 20.2 Å². The van der Waals surface area contributed by atoms with Gasteiger partial charge in [0.05, 0.1) is 24.0 Å². The zero-order chi connectivity index (χ0) is 19.9. The van der Waals surface area contributed by atoms with Crippen molar-refractivity contribution in [3.05, 3.63) is 89.0 Å². The lowest BCUT2D eigenvalue weighted by molar-refractivity contribution is 0.415. The van der Waals surface area contributed by atoms with Crippen molar-refractivity contribution in [2.24, 2.45) is 10.2 Å². The number of benzene rings is 3. The molecule has 0 atom stereocenters. The minimum atomic E-state index is -0.644. The quantitative estimate of drug-likeness (QED) is 0.386. The molecule has 140 valence electrons. The number of hydrogen-bond acceptors (Lipinski definition) is 3. The van der Waals surface area contributed by atoms with Gasteiger partial charge >= 0.3 is 0 Å². The van der Waals surface area contributed by atoms with E-state index < -0.39 is 11.6 Å². The van der Waals surface area contributed by atoms with Crippen molar-refractivity contribution in [2.75, 3.05) is 7.11 Å². The first-order valence-electron chi connectivity index (χ1n) is 8.75. The Bertz CT molecular complexity index is 1020. The minimum Gasteiger partial charge on any atom is -0.497 e. The zero-order valence-corrected chi connectivity index (χ0v) is 15.5. The van der Waals surface area contributed by atoms with E-state index in [1.165, 1.54) is 12.1 Å². The van der Waals surface area contributed by atoms with Gasteiger partial charge in [0, 0.05) is 5.56 Å². The molecule has 0 aliphatic rings. The summed E-state index contributed by atoms with van der Waals surface area (Å²) in [5.74, 6) is 4.81. The molecular formula is C23H18F2N2O. The van der Waals surface area contributed by atoms with Gasteiger partial charge in [-0.25, -0.2) is 8.78 Å². The Balaban J connectivity index is 1.73. The third-order valence-electron chi connectivity index (χ3n) is 4.06. The molecule has 3 aromatic carbocycles. The number of nitrogens with zero attached hydrogens (tertiary/aromatic N) is 2. The van der Waals surface area contributed by atoms with Gasteiger partial charge in [-0.2, -0.15) is 10.2 Å². The maximum absolute atomic E-state index is 14.0. The molecular weight excluding hydrogens is 358 g/mol. The van der Waals surface area contributed by atoms with Crippen LogP contribution in [0.15, 0.2) is 70.9 Å². The first kappa shape index (κ1) is 19.2. The summed E-state index contributed by atoms with van der Waals surface area (Å²) in [6.45, 7) is 1.84. The van der Waals surface area contributed by atoms with Crippen LogP contribution in [-0.2, 0) is 6.42 Å². The Hall–Kier alpha value is -3.52. The summed E-state index contributed by atoms with van der Waals surface area (Å²) in [6.07, 6.45) is 0.564. The van der Waals surface area contributed by atoms with Crippen LogP contribution in [0.3, 0.4) is 0 Å². The fraction of sp³-hybridized carbons (Fsp3) is 0.130. The zero-order valence-electron chi connectivity index (χ0n) is 15.5. The normalized spacial score (nSPS) is 10.6. The highest BCUT2D eigenvalue weighted by Crippen LogP contribution is 2.21. The summed E-state index contributed by atoms with van der Waals surface area (Å²) in [4.78, 5) is 0. The van der Waals surface area contributed by atoms with Crippen molar-refractivity contribution in [3.63, 3.8) is 0 Å². The second kappa shape index (κ2) is 8.92. The van der Waals surface area contributed by atoms with Crippen LogP contribution in [0.1, 0.15) is 23.6 Å². The fourth-order valence-corrected chi connectivity index (χ4v) is 2.46. The first-order chi connectivity index (χ1) is 13.6. The number of azo groups is 1. The number of methoxy groups -OCH3 is 1. The molecule has 0 saturated carbocycles. The number of ether oxygens (including phenoxy) is 1. The smallest absolute Gasteiger partial charge is 0.142 e. The lowest BCUT2D eigenvalue weighted by Gasteiger charge is -2.01. The number of hydrogen-bond donors (Lipinski definition) is 0. The monoisotopic (exact) mass is 376 g/mol. The van der Waals surface area contributed by atoms with Crippen LogP contribution in [0.25, 0.3) is 0 Å². The Morgan fingerprint density at radius 1 is 0.821 bits per heavy atom. The Labute approximate surface area is 162 Å². The maximum Gasteiger partial charge on any atom is 0.142 e. The van der Waals surface area contributed by atoms with Crippen molar-refractivity contribution < 1.29 is 13.5 Å². The van der Waals surface area contributed by atoms with Crippen molar-refractivity contribution in [1.82, 2.24) is 0 Å². The van der Waals surface area contributed by atoms with E-state index in [0.29, 0.717) is 28.9 Å². The molecule has 28 heavy (non-hydrogen) atoms. The summed E-state index contributed by atoms with van der Waals surface area (Å²) in [5.41, 5.74) is 2.35. The molecule has 3 nitrogen and oxygen atoms in total. The molecule has 0 amide bonds. The van der Waals surface area contributed by atoms with E-state index in [2.05, 4.69) is 22.1 Å². The van der Waals surface area contributed by atoms with Gasteiger partial charge in [-0.05, 0) is 72.6 Å². The maximum atomic E-state index is 14.0. The molecule has 0 fully saturated rings. The highest BCUT2D eigenvalue weighted by atomic mass is 19.1. The molecule has 0 unspecified atom stereocenters. The van der Waals surface area contributed by atoms with Gasteiger partial charge in [0.15, 0.2) is 0 Å². The minimum absolute atomic E-state index is 0.222. The van der Waals surface area contributed by atoms with E-state index in [0.717, 1.165) is 5.75 Å². The van der Waals surface area contributed by atoms with Crippen LogP contribution in [0, 0.1) is 23.5 Å². The van der Waals surface area contributed by atoms with Gasteiger partial charge in [0.2, 0.25) is 0 Å². The summed E-state index contributed by atoms with van der Waals surface area (Å²) < 4.78 is 33.1. The second-order valence-corrected chi connectivity index (χ2v) is 5.98. The van der Waals surface area contributed by atoms with E-state index in [4.69, 9.17) is 4.74 Å². The predicted molar refractivity (Wildman–Crippen MR) is 105 cm³/mol. The van der Waals surface area contributed by atoms with Gasteiger partial charge in [-0.1, -0.05) is 18.8 Å². The van der Waals surface area contributed by atoms with Gasteiger partial charge < -0.3 is 4.74 Å². The van der Waals surface area contributed by atoms with Gasteiger partial charge in [-0.15, -0.1) is 0 Å². The van der Waals surface area contributed by atoms with E-state index in [-0.39, 0.29) is 5.56 Å². The molecule has 0 spiro atoms. The van der Waals surface area contributed by atoms with Gasteiger partial charge in [0.1, 0.15) is 17.4 Å². The van der Waals surface area contributed by atoms with Crippen molar-refractivity contribution in [3.8, 4) is 17.6 Å². The first-order valence-corrected chi connectivity index (χ1v) is 8.75. The van der Waals surface area contributed by atoms with Crippen molar-refractivity contribution in [1.29, 1.82) is 0 Å². The fourth-order valence-electron chi connectivity index (χ4n) is 2.46. The highest BCUT2D eigenvalue weighted by Gasteiger charge is 2.08. The molecule has 0 radical (unpaired) electrons. The highest BCUT2D eigenvalue weighted by molar-refractivity contribution is 5.49. The van der Waals surface area contributed by atoms with Crippen LogP contribution in [-0.4, -0.2) is 7.11 Å². The molecule has 0 heterocycles. The molecule has 0 aliphatic carbocycles. The van der Waals surface area contributed by atoms with E-state index in [1.807, 2.05) is 6.92 Å². The topological polar surface area (TPSA) is 34.0 Å². The average molecular weight is 376 g/mol. The Morgan fingerprint density at radius 2 is 1.36 bits per heavy atom. The summed E-state index contributed by atoms with van der Waals surface area (Å²) in [5, 5.41) is 8.30. The number of halogens is 2. The second-order valence-electron chi connectivity index (χ2n) is 5.98. The Kier molecular flexibility index (Phi) is 6.13. The number of aryl methyl sites for hydroxylation is 1. The Morgan fingerprint density at radius 3 is 1.86 bits per heavy atom. The van der Waals surface area contributed by atoms with Crippen molar-refractivity contribution in [2.45, 2.75) is 13.3 Å². The third-order valence-corrected chi connectivity index (χ3v) is 4.06. The van der Waals surface area contributed by atoms with Gasteiger partial charge in [0.25, 0.3) is 0 Å². The third kappa shape index (κ3) is 4.80. The largest absolute Gasteiger partial charge is 0.497 e. The van der Waals surface area contributed by atoms with Gasteiger partial charge in [-0.3, -0.25) is 0 Å². The van der Waals surface area contributed by atoms with E-state index in [1.54, 1.807) is 55.6 Å². The molecule has 3 rings (SSSR count). The SMILES string of the molecule is CCc1cc(F)c(C#Cc2ccc(N=Nc3ccc(OC)cc3)cc2)c(F)c1. The molecule has 0 bridgehead atoms. The van der Waals surface area contributed by atoms with Crippen molar-refractivity contribution >= 4 is 11.4 Å². The standard InChI is InChI=1S/C23H18F2N2O/c1-3-16-14-22(24)21(23(25)15-16)13-6-17-4-7-18(8-5-17)26-27-19-9-11-20(28-2)12-10-19/h4-5,7-12,14-15H,3H2,1-2H3. The summed E-state index contributed by atoms with van der Waals surface area (Å²) >= 11 is 0. The van der Waals surface area contributed by atoms with Crippen LogP contribution in [0.5, 0.6) is 5.75 Å².